The Morgan fingerprint density at radius 3 is 3.06 bits per heavy atom. The third-order valence-electron chi connectivity index (χ3n) is 3.42. The van der Waals surface area contributed by atoms with Gasteiger partial charge in [-0.1, -0.05) is 0 Å². The monoisotopic (exact) mass is 232 g/mol. The minimum atomic E-state index is 0.252. The van der Waals surface area contributed by atoms with Gasteiger partial charge >= 0.3 is 0 Å². The summed E-state index contributed by atoms with van der Waals surface area (Å²) in [5.74, 6) is 1.84. The highest BCUT2D eigenvalue weighted by atomic mass is 16.3. The van der Waals surface area contributed by atoms with Crippen LogP contribution in [0, 0.1) is 5.92 Å². The molecule has 2 aromatic heterocycles. The summed E-state index contributed by atoms with van der Waals surface area (Å²) in [5.41, 5.74) is 0.796. The van der Waals surface area contributed by atoms with E-state index in [1.165, 1.54) is 6.42 Å². The van der Waals surface area contributed by atoms with E-state index < -0.39 is 0 Å². The first-order valence-electron chi connectivity index (χ1n) is 5.93. The van der Waals surface area contributed by atoms with E-state index in [-0.39, 0.29) is 5.75 Å². The Hall–Kier alpha value is -1.62. The zero-order valence-corrected chi connectivity index (χ0v) is 9.87. The molecule has 3 heterocycles. The molecule has 1 unspecified atom stereocenters. The van der Waals surface area contributed by atoms with Crippen LogP contribution < -0.4 is 0 Å². The van der Waals surface area contributed by atoms with Crippen LogP contribution in [0.15, 0.2) is 18.3 Å². The van der Waals surface area contributed by atoms with Crippen molar-refractivity contribution < 1.29 is 5.11 Å². The summed E-state index contributed by atoms with van der Waals surface area (Å²) >= 11 is 0. The van der Waals surface area contributed by atoms with E-state index in [0.717, 1.165) is 31.0 Å². The molecule has 0 radical (unpaired) electrons. The number of hydrogen-bond acceptors (Lipinski definition) is 4. The van der Waals surface area contributed by atoms with Crippen LogP contribution in [-0.4, -0.2) is 44.7 Å². The number of likely N-dealkylation sites (tertiary alicyclic amines) is 1. The van der Waals surface area contributed by atoms with Crippen molar-refractivity contribution in [2.24, 2.45) is 5.92 Å². The summed E-state index contributed by atoms with van der Waals surface area (Å²) in [4.78, 5) is 2.34. The molecule has 0 aromatic carbocycles. The maximum Gasteiger partial charge on any atom is 0.161 e. The Morgan fingerprint density at radius 2 is 2.29 bits per heavy atom. The van der Waals surface area contributed by atoms with Crippen LogP contribution in [0.3, 0.4) is 0 Å². The van der Waals surface area contributed by atoms with Crippen LogP contribution in [0.1, 0.15) is 12.2 Å². The largest absolute Gasteiger partial charge is 0.506 e. The van der Waals surface area contributed by atoms with Crippen molar-refractivity contribution >= 4 is 5.65 Å². The molecule has 3 rings (SSSR count). The second kappa shape index (κ2) is 4.00. The lowest BCUT2D eigenvalue weighted by Crippen LogP contribution is -2.15. The van der Waals surface area contributed by atoms with E-state index in [2.05, 4.69) is 22.1 Å². The maximum absolute atomic E-state index is 9.49. The van der Waals surface area contributed by atoms with Gasteiger partial charge in [0.2, 0.25) is 0 Å². The lowest BCUT2D eigenvalue weighted by atomic mass is 10.0. The van der Waals surface area contributed by atoms with Gasteiger partial charge in [0.25, 0.3) is 0 Å². The summed E-state index contributed by atoms with van der Waals surface area (Å²) < 4.78 is 1.88. The second-order valence-electron chi connectivity index (χ2n) is 4.85. The molecule has 5 nitrogen and oxygen atoms in total. The molecule has 0 aliphatic carbocycles. The Morgan fingerprint density at radius 1 is 1.41 bits per heavy atom. The van der Waals surface area contributed by atoms with Gasteiger partial charge in [-0.25, -0.2) is 0 Å². The number of nitrogens with zero attached hydrogens (tertiary/aromatic N) is 4. The van der Waals surface area contributed by atoms with E-state index in [1.807, 2.05) is 4.40 Å². The molecule has 0 bridgehead atoms. The van der Waals surface area contributed by atoms with Gasteiger partial charge in [0.05, 0.1) is 6.20 Å². The fourth-order valence-electron chi connectivity index (χ4n) is 2.52. The minimum absolute atomic E-state index is 0.252. The van der Waals surface area contributed by atoms with E-state index in [1.54, 1.807) is 18.3 Å². The van der Waals surface area contributed by atoms with Gasteiger partial charge in [0.15, 0.2) is 5.65 Å². The van der Waals surface area contributed by atoms with Crippen molar-refractivity contribution in [2.75, 3.05) is 20.1 Å². The Kier molecular flexibility index (Phi) is 2.48. The molecule has 1 fully saturated rings. The SMILES string of the molecule is CN1CCC(Cc2nnc3ccc(O)cn23)C1. The Bertz CT molecular complexity index is 536. The smallest absolute Gasteiger partial charge is 0.161 e. The van der Waals surface area contributed by atoms with Gasteiger partial charge in [-0.05, 0) is 38.1 Å². The molecule has 1 aliphatic rings. The third-order valence-corrected chi connectivity index (χ3v) is 3.42. The van der Waals surface area contributed by atoms with Gasteiger partial charge in [0.1, 0.15) is 11.6 Å². The molecule has 0 spiro atoms. The van der Waals surface area contributed by atoms with Crippen LogP contribution >= 0.6 is 0 Å². The normalized spacial score (nSPS) is 21.4. The Balaban J connectivity index is 1.87. The second-order valence-corrected chi connectivity index (χ2v) is 4.85. The maximum atomic E-state index is 9.49. The molecule has 1 N–H and O–H groups in total. The first kappa shape index (κ1) is 10.5. The number of rotatable bonds is 2. The van der Waals surface area contributed by atoms with Gasteiger partial charge in [0, 0.05) is 13.0 Å². The van der Waals surface area contributed by atoms with Crippen molar-refractivity contribution in [3.05, 3.63) is 24.2 Å². The molecule has 17 heavy (non-hydrogen) atoms. The van der Waals surface area contributed by atoms with Crippen molar-refractivity contribution in [2.45, 2.75) is 12.8 Å². The number of aromatic nitrogens is 3. The number of hydrogen-bond donors (Lipinski definition) is 1. The lowest BCUT2D eigenvalue weighted by molar-refractivity contribution is 0.392. The van der Waals surface area contributed by atoms with Crippen LogP contribution in [-0.2, 0) is 6.42 Å². The van der Waals surface area contributed by atoms with Crippen LogP contribution in [0.25, 0.3) is 5.65 Å². The molecular weight excluding hydrogens is 216 g/mol. The zero-order chi connectivity index (χ0) is 11.8. The minimum Gasteiger partial charge on any atom is -0.506 e. The molecule has 1 atom stereocenters. The topological polar surface area (TPSA) is 53.7 Å². The van der Waals surface area contributed by atoms with E-state index in [9.17, 15) is 5.11 Å². The van der Waals surface area contributed by atoms with Crippen LogP contribution in [0.2, 0.25) is 0 Å². The summed E-state index contributed by atoms with van der Waals surface area (Å²) in [7, 11) is 2.15. The molecule has 0 saturated carbocycles. The van der Waals surface area contributed by atoms with E-state index in [4.69, 9.17) is 0 Å². The van der Waals surface area contributed by atoms with Gasteiger partial charge in [-0.2, -0.15) is 0 Å². The number of pyridine rings is 1. The molecule has 0 amide bonds. The Labute approximate surface area is 99.7 Å². The summed E-state index contributed by atoms with van der Waals surface area (Å²) in [6, 6.07) is 3.42. The number of fused-ring (bicyclic) bond motifs is 1. The van der Waals surface area contributed by atoms with Crippen LogP contribution in [0.5, 0.6) is 5.75 Å². The quantitative estimate of drug-likeness (QED) is 0.837. The number of aromatic hydroxyl groups is 1. The first-order valence-corrected chi connectivity index (χ1v) is 5.93. The lowest BCUT2D eigenvalue weighted by Gasteiger charge is -2.08. The predicted molar refractivity (Wildman–Crippen MR) is 64.0 cm³/mol. The molecule has 5 heteroatoms. The third kappa shape index (κ3) is 1.98. The fraction of sp³-hybridized carbons (Fsp3) is 0.500. The average Bonchev–Trinajstić information content (AvgIpc) is 2.87. The van der Waals surface area contributed by atoms with Crippen molar-refractivity contribution in [3.8, 4) is 5.75 Å². The van der Waals surface area contributed by atoms with E-state index >= 15 is 0 Å². The van der Waals surface area contributed by atoms with E-state index in [0.29, 0.717) is 5.92 Å². The van der Waals surface area contributed by atoms with Gasteiger partial charge < -0.3 is 10.0 Å². The molecule has 2 aromatic rings. The highest BCUT2D eigenvalue weighted by molar-refractivity contribution is 5.41. The molecular formula is C12H16N4O. The molecule has 1 saturated heterocycles. The predicted octanol–water partition coefficient (Wildman–Crippen LogP) is 0.929. The summed E-state index contributed by atoms with van der Waals surface area (Å²) in [6.07, 6.45) is 3.82. The average molecular weight is 232 g/mol. The highest BCUT2D eigenvalue weighted by Gasteiger charge is 2.21. The van der Waals surface area contributed by atoms with Crippen molar-refractivity contribution in [3.63, 3.8) is 0 Å². The van der Waals surface area contributed by atoms with Crippen molar-refractivity contribution in [1.29, 1.82) is 0 Å². The summed E-state index contributed by atoms with van der Waals surface area (Å²) in [6.45, 7) is 2.28. The highest BCUT2D eigenvalue weighted by Crippen LogP contribution is 2.20. The standard InChI is InChI=1S/C12H16N4O/c1-15-5-4-9(7-15)6-12-14-13-11-3-2-10(17)8-16(11)12/h2-3,8-9,17H,4-7H2,1H3. The first-order chi connectivity index (χ1) is 8.22. The van der Waals surface area contributed by atoms with Crippen molar-refractivity contribution in [1.82, 2.24) is 19.5 Å². The zero-order valence-electron chi connectivity index (χ0n) is 9.87. The molecule has 1 aliphatic heterocycles. The fourth-order valence-corrected chi connectivity index (χ4v) is 2.52. The van der Waals surface area contributed by atoms with Crippen LogP contribution in [0.4, 0.5) is 0 Å². The summed E-state index contributed by atoms with van der Waals surface area (Å²) in [5, 5.41) is 17.8. The molecule has 90 valence electrons. The van der Waals surface area contributed by atoms with Gasteiger partial charge in [-0.3, -0.25) is 4.40 Å². The van der Waals surface area contributed by atoms with Gasteiger partial charge in [-0.15, -0.1) is 10.2 Å².